The van der Waals surface area contributed by atoms with Crippen LogP contribution in [0, 0.1) is 0 Å². The van der Waals surface area contributed by atoms with Gasteiger partial charge in [0.1, 0.15) is 5.82 Å². The van der Waals surface area contributed by atoms with E-state index in [-0.39, 0.29) is 11.9 Å². The normalized spacial score (nSPS) is 11.2. The van der Waals surface area contributed by atoms with E-state index in [1.165, 1.54) is 0 Å². The van der Waals surface area contributed by atoms with Crippen LogP contribution < -0.4 is 10.6 Å². The van der Waals surface area contributed by atoms with E-state index in [1.807, 2.05) is 35.0 Å². The average molecular weight is 413 g/mol. The Hall–Kier alpha value is -2.61. The summed E-state index contributed by atoms with van der Waals surface area (Å²) in [4.78, 5) is 21.5. The lowest BCUT2D eigenvalue weighted by Crippen LogP contribution is -2.28. The van der Waals surface area contributed by atoms with Gasteiger partial charge in [0.25, 0.3) is 0 Å². The lowest BCUT2D eigenvalue weighted by atomic mass is 10.1. The van der Waals surface area contributed by atoms with Crippen LogP contribution in [0.15, 0.2) is 41.7 Å². The molecule has 3 rings (SSSR count). The van der Waals surface area contributed by atoms with Crippen molar-refractivity contribution in [2.75, 3.05) is 17.6 Å². The van der Waals surface area contributed by atoms with Crippen LogP contribution in [0.1, 0.15) is 32.8 Å². The Morgan fingerprint density at radius 3 is 2.72 bits per heavy atom. The van der Waals surface area contributed by atoms with Crippen LogP contribution in [0.3, 0.4) is 0 Å². The minimum absolute atomic E-state index is 0.00337. The van der Waals surface area contributed by atoms with Gasteiger partial charge >= 0.3 is 0 Å². The number of benzene rings is 1. The van der Waals surface area contributed by atoms with Crippen molar-refractivity contribution in [1.29, 1.82) is 0 Å². The molecule has 3 aromatic rings. The summed E-state index contributed by atoms with van der Waals surface area (Å²) in [5, 5.41) is 12.5. The number of carbonyl (C=O) groups is 1. The molecule has 0 atom stereocenters. The van der Waals surface area contributed by atoms with Crippen LogP contribution in [0.4, 0.5) is 5.82 Å². The first-order valence-corrected chi connectivity index (χ1v) is 11.0. The maximum absolute atomic E-state index is 12.2. The first-order chi connectivity index (χ1) is 14.1. The topological polar surface area (TPSA) is 84.7 Å². The van der Waals surface area contributed by atoms with Crippen molar-refractivity contribution in [3.05, 3.63) is 42.1 Å². The van der Waals surface area contributed by atoms with Crippen LogP contribution in [0.2, 0.25) is 0 Å². The van der Waals surface area contributed by atoms with Crippen molar-refractivity contribution < 1.29 is 4.79 Å². The third-order valence-corrected chi connectivity index (χ3v) is 5.24. The number of amides is 1. The number of nitrogens with one attached hydrogen (secondary N) is 2. The number of aromatic nitrogens is 4. The molecule has 8 heteroatoms. The minimum atomic E-state index is 0.00337. The highest BCUT2D eigenvalue weighted by atomic mass is 32.2. The van der Waals surface area contributed by atoms with Crippen LogP contribution >= 0.6 is 11.8 Å². The Morgan fingerprint density at radius 2 is 2.00 bits per heavy atom. The van der Waals surface area contributed by atoms with Gasteiger partial charge in [-0.3, -0.25) is 4.79 Å². The average Bonchev–Trinajstić information content (AvgIpc) is 3.10. The van der Waals surface area contributed by atoms with E-state index in [0.717, 1.165) is 39.7 Å². The smallest absolute Gasteiger partial charge is 0.224 e. The quantitative estimate of drug-likeness (QED) is 0.392. The molecule has 154 valence electrons. The van der Waals surface area contributed by atoms with Gasteiger partial charge in [-0.15, -0.1) is 0 Å². The van der Waals surface area contributed by atoms with Gasteiger partial charge in [0.2, 0.25) is 5.91 Å². The van der Waals surface area contributed by atoms with Gasteiger partial charge in [-0.05, 0) is 25.8 Å². The first-order valence-electron chi connectivity index (χ1n) is 10.00. The van der Waals surface area contributed by atoms with Gasteiger partial charge in [0, 0.05) is 18.3 Å². The number of rotatable bonds is 10. The summed E-state index contributed by atoms with van der Waals surface area (Å²) in [6.45, 7) is 7.36. The molecular formula is C21H28N6OS. The standard InChI is InChI=1S/C21H28N6OS/c1-4-12-29-21-25-19(24-15(2)3)17-14-23-27(20(17)26-21)11-10-22-18(28)13-16-8-6-5-7-9-16/h5-9,14-15H,4,10-13H2,1-3H3,(H,22,28)(H,24,25,26). The molecule has 0 fully saturated rings. The van der Waals surface area contributed by atoms with E-state index < -0.39 is 0 Å². The molecule has 0 saturated heterocycles. The summed E-state index contributed by atoms with van der Waals surface area (Å²) in [6, 6.07) is 10.00. The van der Waals surface area contributed by atoms with Crippen LogP contribution in [-0.4, -0.2) is 44.0 Å². The molecule has 29 heavy (non-hydrogen) atoms. The van der Waals surface area contributed by atoms with Crippen LogP contribution in [0.5, 0.6) is 0 Å². The number of carbonyl (C=O) groups excluding carboxylic acids is 1. The van der Waals surface area contributed by atoms with E-state index in [4.69, 9.17) is 4.98 Å². The van der Waals surface area contributed by atoms with E-state index >= 15 is 0 Å². The SMILES string of the molecule is CCCSc1nc(NC(C)C)c2cnn(CCNC(=O)Cc3ccccc3)c2n1. The molecule has 0 aliphatic rings. The fraction of sp³-hybridized carbons (Fsp3) is 0.429. The van der Waals surface area contributed by atoms with Gasteiger partial charge < -0.3 is 10.6 Å². The molecule has 2 aromatic heterocycles. The van der Waals surface area contributed by atoms with E-state index in [1.54, 1.807) is 18.0 Å². The second-order valence-electron chi connectivity index (χ2n) is 7.12. The summed E-state index contributed by atoms with van der Waals surface area (Å²) in [6.07, 6.45) is 3.23. The van der Waals surface area contributed by atoms with Crippen molar-refractivity contribution >= 4 is 34.5 Å². The second kappa shape index (κ2) is 10.2. The van der Waals surface area contributed by atoms with Crippen molar-refractivity contribution in [2.45, 2.75) is 51.4 Å². The third kappa shape index (κ3) is 5.93. The van der Waals surface area contributed by atoms with Gasteiger partial charge in [-0.1, -0.05) is 49.0 Å². The summed E-state index contributed by atoms with van der Waals surface area (Å²) in [5.41, 5.74) is 1.79. The fourth-order valence-corrected chi connectivity index (χ4v) is 3.58. The summed E-state index contributed by atoms with van der Waals surface area (Å²) < 4.78 is 1.83. The van der Waals surface area contributed by atoms with Gasteiger partial charge in [0.15, 0.2) is 10.8 Å². The van der Waals surface area contributed by atoms with Crippen molar-refractivity contribution in [2.24, 2.45) is 0 Å². The molecule has 1 amide bonds. The molecule has 0 aliphatic heterocycles. The largest absolute Gasteiger partial charge is 0.367 e. The number of thioether (sulfide) groups is 1. The number of anilines is 1. The van der Waals surface area contributed by atoms with E-state index in [2.05, 4.69) is 41.5 Å². The molecule has 7 nitrogen and oxygen atoms in total. The zero-order chi connectivity index (χ0) is 20.6. The molecule has 2 heterocycles. The number of hydrogen-bond acceptors (Lipinski definition) is 6. The first kappa shape index (κ1) is 21.1. The van der Waals surface area contributed by atoms with E-state index in [9.17, 15) is 4.79 Å². The zero-order valence-corrected chi connectivity index (χ0v) is 18.0. The number of fused-ring (bicyclic) bond motifs is 1. The molecule has 1 aromatic carbocycles. The van der Waals surface area contributed by atoms with E-state index in [0.29, 0.717) is 19.5 Å². The highest BCUT2D eigenvalue weighted by Gasteiger charge is 2.14. The lowest BCUT2D eigenvalue weighted by molar-refractivity contribution is -0.120. The molecule has 0 bridgehead atoms. The molecule has 0 spiro atoms. The van der Waals surface area contributed by atoms with Crippen LogP contribution in [0.25, 0.3) is 11.0 Å². The molecule has 2 N–H and O–H groups in total. The molecule has 0 unspecified atom stereocenters. The van der Waals surface area contributed by atoms with Crippen molar-refractivity contribution in [1.82, 2.24) is 25.1 Å². The Balaban J connectivity index is 1.69. The van der Waals surface area contributed by atoms with Crippen molar-refractivity contribution in [3.63, 3.8) is 0 Å². The predicted octanol–water partition coefficient (Wildman–Crippen LogP) is 3.51. The third-order valence-electron chi connectivity index (χ3n) is 4.19. The van der Waals surface area contributed by atoms with Crippen LogP contribution in [-0.2, 0) is 17.8 Å². The predicted molar refractivity (Wildman–Crippen MR) is 118 cm³/mol. The molecule has 0 aliphatic carbocycles. The number of nitrogens with zero attached hydrogens (tertiary/aromatic N) is 4. The summed E-state index contributed by atoms with van der Waals surface area (Å²) >= 11 is 1.65. The van der Waals surface area contributed by atoms with Crippen molar-refractivity contribution in [3.8, 4) is 0 Å². The van der Waals surface area contributed by atoms with Gasteiger partial charge in [0.05, 0.1) is 24.5 Å². The Bertz CT molecular complexity index is 941. The number of hydrogen-bond donors (Lipinski definition) is 2. The molecular weight excluding hydrogens is 384 g/mol. The minimum Gasteiger partial charge on any atom is -0.367 e. The Morgan fingerprint density at radius 1 is 1.21 bits per heavy atom. The highest BCUT2D eigenvalue weighted by Crippen LogP contribution is 2.25. The fourth-order valence-electron chi connectivity index (χ4n) is 2.89. The summed E-state index contributed by atoms with van der Waals surface area (Å²) in [7, 11) is 0. The highest BCUT2D eigenvalue weighted by molar-refractivity contribution is 7.99. The van der Waals surface area contributed by atoms with Gasteiger partial charge in [-0.25, -0.2) is 14.6 Å². The maximum Gasteiger partial charge on any atom is 0.224 e. The van der Waals surface area contributed by atoms with Gasteiger partial charge in [-0.2, -0.15) is 5.10 Å². The molecule has 0 radical (unpaired) electrons. The Labute approximate surface area is 175 Å². The second-order valence-corrected chi connectivity index (χ2v) is 8.18. The molecule has 0 saturated carbocycles. The zero-order valence-electron chi connectivity index (χ0n) is 17.2. The summed E-state index contributed by atoms with van der Waals surface area (Å²) in [5.74, 6) is 1.78. The monoisotopic (exact) mass is 412 g/mol. The Kier molecular flexibility index (Phi) is 7.46. The lowest BCUT2D eigenvalue weighted by Gasteiger charge is -2.12. The maximum atomic E-state index is 12.2.